The van der Waals surface area contributed by atoms with E-state index >= 15 is 0 Å². The van der Waals surface area contributed by atoms with E-state index in [1.165, 1.54) is 32.6 Å². The van der Waals surface area contributed by atoms with Crippen molar-refractivity contribution in [2.45, 2.75) is 0 Å². The van der Waals surface area contributed by atoms with Crippen molar-refractivity contribution < 1.29 is 0 Å². The number of benzene rings is 13. The molecule has 0 radical (unpaired) electrons. The largest absolute Gasteiger partial charge is 0.309 e. The van der Waals surface area contributed by atoms with Crippen molar-refractivity contribution in [2.75, 3.05) is 0 Å². The van der Waals surface area contributed by atoms with Crippen LogP contribution in [-0.4, -0.2) is 38.2 Å². The Labute approximate surface area is 515 Å². The minimum atomic E-state index is 0.660. The van der Waals surface area contributed by atoms with Crippen molar-refractivity contribution in [2.24, 2.45) is 0 Å². The molecule has 0 saturated carbocycles. The SMILES string of the molecule is c1ccc(-c2nc3ccccc3nc2-n2c3ccccc3c3ccc4c(c5ccccc5n4-c4cccc(-c5cccc(-c6nc(-c7cccc(-n8c9ccccc9c9ccc%10c(c%11ccccc%11n%10-c%10ccccc%10)c98)c7)nc7ccccc67)c5)c4)c32)cc1. The molecule has 90 heavy (non-hydrogen) atoms. The fourth-order valence-corrected chi connectivity index (χ4v) is 14.5. The number of hydrogen-bond donors (Lipinski definition) is 0. The van der Waals surface area contributed by atoms with Crippen LogP contribution in [0.1, 0.15) is 0 Å². The average molecular weight is 1150 g/mol. The molecule has 0 amide bonds. The first-order chi connectivity index (χ1) is 44.7. The van der Waals surface area contributed by atoms with Gasteiger partial charge in [-0.3, -0.25) is 4.57 Å². The topological polar surface area (TPSA) is 71.3 Å². The Morgan fingerprint density at radius 1 is 0.211 bits per heavy atom. The highest BCUT2D eigenvalue weighted by atomic mass is 15.1. The van der Waals surface area contributed by atoms with E-state index in [-0.39, 0.29) is 0 Å². The molecule has 0 spiro atoms. The summed E-state index contributed by atoms with van der Waals surface area (Å²) in [6, 6.07) is 108. The predicted molar refractivity (Wildman–Crippen MR) is 372 cm³/mol. The fourth-order valence-electron chi connectivity index (χ4n) is 14.5. The highest BCUT2D eigenvalue weighted by molar-refractivity contribution is 6.28. The highest BCUT2D eigenvalue weighted by Crippen LogP contribution is 2.46. The van der Waals surface area contributed by atoms with Crippen LogP contribution < -0.4 is 0 Å². The summed E-state index contributed by atoms with van der Waals surface area (Å²) in [6.45, 7) is 0. The van der Waals surface area contributed by atoms with Gasteiger partial charge in [0.05, 0.1) is 66.4 Å². The van der Waals surface area contributed by atoms with Gasteiger partial charge in [0.1, 0.15) is 5.69 Å². The molecule has 6 aromatic heterocycles. The Balaban J connectivity index is 0.752. The average Bonchev–Trinajstić information content (AvgIpc) is 1.56. The fraction of sp³-hybridized carbons (Fsp3) is 0. The molecule has 0 unspecified atom stereocenters. The molecule has 19 aromatic rings. The molecular weight excluding hydrogens is 1100 g/mol. The van der Waals surface area contributed by atoms with Crippen molar-refractivity contribution in [1.82, 2.24) is 38.2 Å². The minimum Gasteiger partial charge on any atom is -0.309 e. The summed E-state index contributed by atoms with van der Waals surface area (Å²) >= 11 is 0. The summed E-state index contributed by atoms with van der Waals surface area (Å²) in [4.78, 5) is 21.7. The van der Waals surface area contributed by atoms with Crippen LogP contribution in [0.4, 0.5) is 0 Å². The van der Waals surface area contributed by atoms with Crippen molar-refractivity contribution in [3.63, 3.8) is 0 Å². The summed E-state index contributed by atoms with van der Waals surface area (Å²) in [5, 5.41) is 10.4. The molecule has 8 heteroatoms. The second-order valence-electron chi connectivity index (χ2n) is 23.3. The van der Waals surface area contributed by atoms with E-state index in [4.69, 9.17) is 19.9 Å². The predicted octanol–water partition coefficient (Wildman–Crippen LogP) is 20.6. The molecule has 0 aliphatic carbocycles. The molecule has 0 saturated heterocycles. The molecule has 0 aliphatic rings. The molecule has 0 atom stereocenters. The van der Waals surface area contributed by atoms with Crippen LogP contribution in [0.15, 0.2) is 303 Å². The van der Waals surface area contributed by atoms with E-state index < -0.39 is 0 Å². The molecule has 418 valence electrons. The second kappa shape index (κ2) is 19.6. The molecule has 0 N–H and O–H groups in total. The Hall–Kier alpha value is -12.3. The third-order valence-corrected chi connectivity index (χ3v) is 18.3. The Morgan fingerprint density at radius 2 is 0.644 bits per heavy atom. The summed E-state index contributed by atoms with van der Waals surface area (Å²) in [5.41, 5.74) is 21.6. The zero-order valence-corrected chi connectivity index (χ0v) is 48.4. The number of rotatable bonds is 8. The van der Waals surface area contributed by atoms with Crippen LogP contribution in [0.5, 0.6) is 0 Å². The molecule has 0 bridgehead atoms. The maximum absolute atomic E-state index is 5.55. The van der Waals surface area contributed by atoms with Crippen molar-refractivity contribution in [3.05, 3.63) is 303 Å². The summed E-state index contributed by atoms with van der Waals surface area (Å²) in [7, 11) is 0. The normalized spacial score (nSPS) is 12.0. The van der Waals surface area contributed by atoms with Gasteiger partial charge in [0, 0.05) is 82.2 Å². The van der Waals surface area contributed by atoms with Gasteiger partial charge >= 0.3 is 0 Å². The zero-order valence-electron chi connectivity index (χ0n) is 48.4. The Kier molecular flexibility index (Phi) is 10.9. The molecule has 0 fully saturated rings. The lowest BCUT2D eigenvalue weighted by Gasteiger charge is -2.14. The van der Waals surface area contributed by atoms with E-state index in [0.717, 1.165) is 139 Å². The van der Waals surface area contributed by atoms with E-state index in [1.54, 1.807) is 0 Å². The van der Waals surface area contributed by atoms with E-state index in [1.807, 2.05) is 18.2 Å². The van der Waals surface area contributed by atoms with Gasteiger partial charge in [-0.2, -0.15) is 0 Å². The number of hydrogen-bond acceptors (Lipinski definition) is 4. The van der Waals surface area contributed by atoms with Crippen molar-refractivity contribution >= 4 is 109 Å². The Bertz CT molecular complexity index is 6170. The molecule has 6 heterocycles. The van der Waals surface area contributed by atoms with Gasteiger partial charge in [-0.25, -0.2) is 19.9 Å². The molecule has 19 rings (SSSR count). The van der Waals surface area contributed by atoms with Crippen LogP contribution in [0, 0.1) is 0 Å². The van der Waals surface area contributed by atoms with Crippen LogP contribution in [0.25, 0.3) is 177 Å². The lowest BCUT2D eigenvalue weighted by Crippen LogP contribution is -2.04. The highest BCUT2D eigenvalue weighted by Gasteiger charge is 2.26. The van der Waals surface area contributed by atoms with E-state index in [2.05, 4.69) is 303 Å². The number of aromatic nitrogens is 8. The van der Waals surface area contributed by atoms with Crippen LogP contribution in [0.2, 0.25) is 0 Å². The van der Waals surface area contributed by atoms with Gasteiger partial charge in [0.15, 0.2) is 11.6 Å². The number of nitrogens with zero attached hydrogens (tertiary/aromatic N) is 8. The monoisotopic (exact) mass is 1150 g/mol. The molecule has 8 nitrogen and oxygen atoms in total. The maximum atomic E-state index is 5.55. The summed E-state index contributed by atoms with van der Waals surface area (Å²) in [6.07, 6.45) is 0. The lowest BCUT2D eigenvalue weighted by molar-refractivity contribution is 1.08. The first kappa shape index (κ1) is 49.9. The minimum absolute atomic E-state index is 0.660. The zero-order chi connectivity index (χ0) is 59.0. The second-order valence-corrected chi connectivity index (χ2v) is 23.3. The van der Waals surface area contributed by atoms with Crippen molar-refractivity contribution in [1.29, 1.82) is 0 Å². The van der Waals surface area contributed by atoms with Gasteiger partial charge < -0.3 is 13.7 Å². The standard InChI is InChI=1S/C82H50N8/c1-3-22-51(23-4-1)78-82(85-68-39-14-13-38-67(68)83-78)90-70-41-16-9-33-60(70)62-45-47-74-76(80(62)90)65-36-11-18-43-72(65)88(74)57-30-20-25-53(49-57)52-24-19-26-54(48-52)77-63-34-7-12-37-66(63)84-81(86-77)55-27-21-31-58(50-55)89-69-40-15-8-32-59(69)61-44-46-73-75(79(61)89)64-35-10-17-42-71(64)87(73)56-28-5-2-6-29-56/h1-50H. The number of para-hydroxylation sites is 8. The third-order valence-electron chi connectivity index (χ3n) is 18.3. The van der Waals surface area contributed by atoms with Gasteiger partial charge in [-0.15, -0.1) is 0 Å². The third kappa shape index (κ3) is 7.49. The smallest absolute Gasteiger partial charge is 0.165 e. The van der Waals surface area contributed by atoms with Crippen molar-refractivity contribution in [3.8, 4) is 67.9 Å². The van der Waals surface area contributed by atoms with Crippen LogP contribution in [-0.2, 0) is 0 Å². The van der Waals surface area contributed by atoms with Gasteiger partial charge in [0.25, 0.3) is 0 Å². The van der Waals surface area contributed by atoms with Gasteiger partial charge in [0.2, 0.25) is 0 Å². The molecule has 0 aliphatic heterocycles. The summed E-state index contributed by atoms with van der Waals surface area (Å²) < 4.78 is 9.63. The van der Waals surface area contributed by atoms with E-state index in [9.17, 15) is 0 Å². The quantitative estimate of drug-likeness (QED) is 0.152. The van der Waals surface area contributed by atoms with Crippen LogP contribution in [0.3, 0.4) is 0 Å². The van der Waals surface area contributed by atoms with E-state index in [0.29, 0.717) is 5.82 Å². The first-order valence-electron chi connectivity index (χ1n) is 30.5. The van der Waals surface area contributed by atoms with Gasteiger partial charge in [-0.1, -0.05) is 206 Å². The molecule has 13 aromatic carbocycles. The number of fused-ring (bicyclic) bond motifs is 16. The van der Waals surface area contributed by atoms with Gasteiger partial charge in [-0.05, 0) is 108 Å². The van der Waals surface area contributed by atoms with Crippen LogP contribution >= 0.6 is 0 Å². The maximum Gasteiger partial charge on any atom is 0.165 e. The Morgan fingerprint density at radius 3 is 1.30 bits per heavy atom. The summed E-state index contributed by atoms with van der Waals surface area (Å²) in [5.74, 6) is 1.45. The first-order valence-corrected chi connectivity index (χ1v) is 30.5. The molecular formula is C82H50N8. The lowest BCUT2D eigenvalue weighted by atomic mass is 9.99.